The number of nitrogens with one attached hydrogen (secondary N) is 2. The van der Waals surface area contributed by atoms with Gasteiger partial charge in [0.15, 0.2) is 0 Å². The fourth-order valence-corrected chi connectivity index (χ4v) is 5.43. The number of anilines is 2. The van der Waals surface area contributed by atoms with Crippen molar-refractivity contribution in [3.05, 3.63) is 71.7 Å². The summed E-state index contributed by atoms with van der Waals surface area (Å²) in [5.41, 5.74) is 3.81. The number of nitrogens with zero attached hydrogens (tertiary/aromatic N) is 6. The zero-order valence-corrected chi connectivity index (χ0v) is 23.4. The molecule has 1 fully saturated rings. The van der Waals surface area contributed by atoms with Gasteiger partial charge < -0.3 is 15.0 Å². The molecule has 40 heavy (non-hydrogen) atoms. The molecule has 4 aromatic rings. The molecule has 2 N–H and O–H groups in total. The van der Waals surface area contributed by atoms with E-state index >= 15 is 0 Å². The van der Waals surface area contributed by atoms with Gasteiger partial charge in [0.1, 0.15) is 16.8 Å². The third-order valence-corrected chi connectivity index (χ3v) is 7.74. The predicted octanol–water partition coefficient (Wildman–Crippen LogP) is 3.02. The summed E-state index contributed by atoms with van der Waals surface area (Å²) in [5, 5.41) is 7.05. The molecule has 0 saturated carbocycles. The number of amides is 1. The molecular formula is C27H30N8O4S. The molecular weight excluding hydrogens is 532 g/mol. The first-order valence-corrected chi connectivity index (χ1v) is 14.2. The number of likely N-dealkylation sites (tertiary alicyclic amines) is 1. The van der Waals surface area contributed by atoms with Crippen molar-refractivity contribution < 1.29 is 17.9 Å². The molecule has 0 aliphatic carbocycles. The molecule has 0 bridgehead atoms. The van der Waals surface area contributed by atoms with E-state index in [0.717, 1.165) is 16.7 Å². The van der Waals surface area contributed by atoms with Crippen LogP contribution in [0.4, 0.5) is 11.8 Å². The topological polar surface area (TPSA) is 144 Å². The van der Waals surface area contributed by atoms with Crippen molar-refractivity contribution in [2.24, 2.45) is 7.05 Å². The van der Waals surface area contributed by atoms with Crippen LogP contribution >= 0.6 is 0 Å². The fourth-order valence-electron chi connectivity index (χ4n) is 4.50. The number of rotatable bonds is 9. The van der Waals surface area contributed by atoms with E-state index in [2.05, 4.69) is 30.1 Å². The minimum atomic E-state index is -3.99. The number of hydrogen-bond acceptors (Lipinski definition) is 9. The summed E-state index contributed by atoms with van der Waals surface area (Å²) >= 11 is 0. The first kappa shape index (κ1) is 27.1. The van der Waals surface area contributed by atoms with Gasteiger partial charge in [-0.2, -0.15) is 10.1 Å². The summed E-state index contributed by atoms with van der Waals surface area (Å²) in [7, 11) is -2.36. The molecule has 13 heteroatoms. The molecule has 5 rings (SSSR count). The molecule has 3 aromatic heterocycles. The van der Waals surface area contributed by atoms with E-state index in [1.165, 1.54) is 17.1 Å². The first-order valence-electron chi connectivity index (χ1n) is 12.8. The number of aromatic nitrogens is 5. The van der Waals surface area contributed by atoms with E-state index in [-0.39, 0.29) is 28.7 Å². The van der Waals surface area contributed by atoms with Crippen molar-refractivity contribution in [3.8, 4) is 17.1 Å². The number of aryl methyl sites for hydroxylation is 3. The smallest absolute Gasteiger partial charge is 0.267 e. The van der Waals surface area contributed by atoms with E-state index in [0.29, 0.717) is 36.7 Å². The molecule has 1 aromatic carbocycles. The second-order valence-electron chi connectivity index (χ2n) is 9.52. The second kappa shape index (κ2) is 10.9. The Morgan fingerprint density at radius 1 is 1.12 bits per heavy atom. The third kappa shape index (κ3) is 5.59. The van der Waals surface area contributed by atoms with Crippen molar-refractivity contribution >= 4 is 27.7 Å². The van der Waals surface area contributed by atoms with Crippen LogP contribution in [0.25, 0.3) is 11.3 Å². The molecule has 1 saturated heterocycles. The number of carbonyl (C=O) groups excluding carboxylic acids is 1. The molecule has 1 amide bonds. The van der Waals surface area contributed by atoms with Gasteiger partial charge in [-0.3, -0.25) is 9.48 Å². The van der Waals surface area contributed by atoms with Crippen LogP contribution in [-0.2, 0) is 17.1 Å². The Morgan fingerprint density at radius 3 is 2.55 bits per heavy atom. The van der Waals surface area contributed by atoms with Crippen molar-refractivity contribution in [2.75, 3.05) is 29.7 Å². The van der Waals surface area contributed by atoms with Gasteiger partial charge in [0.25, 0.3) is 15.9 Å². The van der Waals surface area contributed by atoms with Crippen molar-refractivity contribution in [1.29, 1.82) is 0 Å². The fraction of sp³-hybridized carbons (Fsp3) is 0.296. The highest BCUT2D eigenvalue weighted by Crippen LogP contribution is 2.30. The number of carbonyl (C=O) groups is 1. The van der Waals surface area contributed by atoms with Crippen LogP contribution in [0, 0.1) is 13.8 Å². The molecule has 4 heterocycles. The Bertz CT molecular complexity index is 1640. The number of hydrogen-bond donors (Lipinski definition) is 2. The zero-order valence-electron chi connectivity index (χ0n) is 22.6. The normalized spacial score (nSPS) is 13.6. The number of benzene rings is 1. The number of pyridine rings is 1. The van der Waals surface area contributed by atoms with Crippen LogP contribution in [0.2, 0.25) is 0 Å². The van der Waals surface area contributed by atoms with Crippen LogP contribution in [0.5, 0.6) is 5.88 Å². The van der Waals surface area contributed by atoms with Gasteiger partial charge in [0, 0.05) is 37.6 Å². The summed E-state index contributed by atoms with van der Waals surface area (Å²) in [6.45, 7) is 7.19. The minimum Gasteiger partial charge on any atom is -0.470 e. The zero-order chi connectivity index (χ0) is 28.4. The third-order valence-electron chi connectivity index (χ3n) is 6.46. The summed E-state index contributed by atoms with van der Waals surface area (Å²) in [6.07, 6.45) is 3.95. The lowest BCUT2D eigenvalue weighted by molar-refractivity contribution is 0.0161. The van der Waals surface area contributed by atoms with Crippen LogP contribution in [0.1, 0.15) is 28.4 Å². The maximum atomic E-state index is 13.1. The Labute approximate surface area is 232 Å². The van der Waals surface area contributed by atoms with Gasteiger partial charge in [0.2, 0.25) is 11.8 Å². The minimum absolute atomic E-state index is 0.0148. The van der Waals surface area contributed by atoms with Gasteiger partial charge in [-0.25, -0.2) is 23.1 Å². The summed E-state index contributed by atoms with van der Waals surface area (Å²) in [6, 6.07) is 11.0. The van der Waals surface area contributed by atoms with E-state index in [1.54, 1.807) is 36.3 Å². The average Bonchev–Trinajstić information content (AvgIpc) is 3.33. The van der Waals surface area contributed by atoms with Gasteiger partial charge >= 0.3 is 0 Å². The van der Waals surface area contributed by atoms with Crippen molar-refractivity contribution in [2.45, 2.75) is 31.8 Å². The predicted molar refractivity (Wildman–Crippen MR) is 150 cm³/mol. The quantitative estimate of drug-likeness (QED) is 0.314. The Morgan fingerprint density at radius 2 is 1.88 bits per heavy atom. The van der Waals surface area contributed by atoms with Crippen LogP contribution < -0.4 is 14.8 Å². The second-order valence-corrected chi connectivity index (χ2v) is 11.2. The summed E-state index contributed by atoms with van der Waals surface area (Å²) in [5.74, 6) is 0.465. The van der Waals surface area contributed by atoms with E-state index in [4.69, 9.17) is 4.74 Å². The standard InChI is InChI=1S/C27H30N8O4S/c1-5-28-25-21(10-7-11-29-25)26(36)35-14-19(15-35)39-23-12-22(24-17(2)8-6-9-18(24)3)31-27(32-23)33-40(37,38)20-13-30-34(4)16-20/h6-13,16,19H,5,14-15H2,1-4H3,(H,28,29)(H,31,32,33). The lowest BCUT2D eigenvalue weighted by Crippen LogP contribution is -2.56. The number of sulfonamides is 1. The van der Waals surface area contributed by atoms with Gasteiger partial charge in [-0.15, -0.1) is 0 Å². The lowest BCUT2D eigenvalue weighted by Gasteiger charge is -2.38. The highest BCUT2D eigenvalue weighted by Gasteiger charge is 2.34. The molecule has 12 nitrogen and oxygen atoms in total. The highest BCUT2D eigenvalue weighted by atomic mass is 32.2. The molecule has 0 spiro atoms. The summed E-state index contributed by atoms with van der Waals surface area (Å²) in [4.78, 5) is 27.8. The number of ether oxygens (including phenoxy) is 1. The van der Waals surface area contributed by atoms with Gasteiger partial charge in [0.05, 0.1) is 30.5 Å². The maximum absolute atomic E-state index is 13.1. The Hall–Kier alpha value is -4.52. The first-order chi connectivity index (χ1) is 19.1. The largest absolute Gasteiger partial charge is 0.470 e. The molecule has 0 atom stereocenters. The van der Waals surface area contributed by atoms with Crippen molar-refractivity contribution in [1.82, 2.24) is 29.6 Å². The van der Waals surface area contributed by atoms with E-state index in [9.17, 15) is 13.2 Å². The van der Waals surface area contributed by atoms with Gasteiger partial charge in [-0.05, 0) is 44.0 Å². The molecule has 208 valence electrons. The average molecular weight is 563 g/mol. The molecule has 1 aliphatic heterocycles. The molecule has 1 aliphatic rings. The maximum Gasteiger partial charge on any atom is 0.267 e. The van der Waals surface area contributed by atoms with Crippen molar-refractivity contribution in [3.63, 3.8) is 0 Å². The van der Waals surface area contributed by atoms with Gasteiger partial charge in [-0.1, -0.05) is 18.2 Å². The van der Waals surface area contributed by atoms with E-state index in [1.807, 2.05) is 39.0 Å². The highest BCUT2D eigenvalue weighted by molar-refractivity contribution is 7.92. The lowest BCUT2D eigenvalue weighted by atomic mass is 10.00. The molecule has 0 unspecified atom stereocenters. The van der Waals surface area contributed by atoms with Crippen LogP contribution in [0.3, 0.4) is 0 Å². The monoisotopic (exact) mass is 562 g/mol. The van der Waals surface area contributed by atoms with E-state index < -0.39 is 10.0 Å². The summed E-state index contributed by atoms with van der Waals surface area (Å²) < 4.78 is 35.9. The van der Waals surface area contributed by atoms with Crippen LogP contribution in [0.15, 0.2) is 59.9 Å². The molecule has 0 radical (unpaired) electrons. The Kier molecular flexibility index (Phi) is 7.39. The SMILES string of the molecule is CCNc1ncccc1C(=O)N1CC(Oc2cc(-c3c(C)cccc3C)nc(NS(=O)(=O)c3cnn(C)c3)n2)C1. The Balaban J connectivity index is 1.39. The van der Waals surface area contributed by atoms with Crippen LogP contribution in [-0.4, -0.2) is 69.7 Å².